The van der Waals surface area contributed by atoms with E-state index in [2.05, 4.69) is 61.1 Å². The van der Waals surface area contributed by atoms with Gasteiger partial charge in [0.15, 0.2) is 0 Å². The standard InChI is InChI=1S/C19H36O2S/c1-14(2)12-18(13-22,15(3)4)16(20)21-19(17(5,6)7)10-8-9-11-19/h14-15,22H,8-13H2,1-7H3. The van der Waals surface area contributed by atoms with Crippen molar-refractivity contribution in [3.63, 3.8) is 0 Å². The van der Waals surface area contributed by atoms with Crippen molar-refractivity contribution < 1.29 is 9.53 Å². The van der Waals surface area contributed by atoms with Crippen molar-refractivity contribution in [2.75, 3.05) is 5.75 Å². The molecule has 0 heterocycles. The molecule has 0 aliphatic heterocycles. The van der Waals surface area contributed by atoms with Crippen molar-refractivity contribution >= 4 is 18.6 Å². The predicted molar refractivity (Wildman–Crippen MR) is 97.3 cm³/mol. The van der Waals surface area contributed by atoms with Gasteiger partial charge in [-0.05, 0) is 43.9 Å². The van der Waals surface area contributed by atoms with E-state index in [1.165, 1.54) is 0 Å². The molecule has 3 heteroatoms. The van der Waals surface area contributed by atoms with Crippen molar-refractivity contribution in [2.45, 2.75) is 86.2 Å². The summed E-state index contributed by atoms with van der Waals surface area (Å²) in [5.41, 5.74) is -0.793. The highest BCUT2D eigenvalue weighted by Gasteiger charge is 2.51. The number of ether oxygens (including phenoxy) is 1. The normalized spacial score (nSPS) is 21.2. The zero-order chi connectivity index (χ0) is 17.2. The molecule has 1 atom stereocenters. The van der Waals surface area contributed by atoms with Gasteiger partial charge in [-0.25, -0.2) is 0 Å². The molecule has 1 rings (SSSR count). The van der Waals surface area contributed by atoms with Crippen LogP contribution in [0.4, 0.5) is 0 Å². The maximum atomic E-state index is 13.2. The molecule has 2 nitrogen and oxygen atoms in total. The zero-order valence-electron chi connectivity index (χ0n) is 15.7. The highest BCUT2D eigenvalue weighted by molar-refractivity contribution is 7.80. The van der Waals surface area contributed by atoms with Crippen LogP contribution in [0.5, 0.6) is 0 Å². The maximum absolute atomic E-state index is 13.2. The van der Waals surface area contributed by atoms with Crippen LogP contribution in [0.2, 0.25) is 0 Å². The first-order chi connectivity index (χ1) is 10.0. The van der Waals surface area contributed by atoms with Gasteiger partial charge < -0.3 is 4.74 Å². The van der Waals surface area contributed by atoms with Crippen LogP contribution in [-0.2, 0) is 9.53 Å². The largest absolute Gasteiger partial charge is 0.458 e. The van der Waals surface area contributed by atoms with E-state index in [-0.39, 0.29) is 22.9 Å². The van der Waals surface area contributed by atoms with E-state index in [9.17, 15) is 4.79 Å². The van der Waals surface area contributed by atoms with Crippen molar-refractivity contribution in [3.05, 3.63) is 0 Å². The number of esters is 1. The molecular formula is C19H36O2S. The Bertz CT molecular complexity index is 375. The lowest BCUT2D eigenvalue weighted by molar-refractivity contribution is -0.187. The quantitative estimate of drug-likeness (QED) is 0.514. The fourth-order valence-corrected chi connectivity index (χ4v) is 4.45. The molecule has 130 valence electrons. The lowest BCUT2D eigenvalue weighted by Crippen LogP contribution is -2.50. The van der Waals surface area contributed by atoms with E-state index in [1.807, 2.05) is 0 Å². The summed E-state index contributed by atoms with van der Waals surface area (Å²) in [6.45, 7) is 15.2. The Morgan fingerprint density at radius 2 is 1.64 bits per heavy atom. The highest BCUT2D eigenvalue weighted by Crippen LogP contribution is 2.48. The van der Waals surface area contributed by atoms with E-state index in [0.29, 0.717) is 11.7 Å². The molecule has 0 aromatic rings. The van der Waals surface area contributed by atoms with Gasteiger partial charge in [0.25, 0.3) is 0 Å². The van der Waals surface area contributed by atoms with Gasteiger partial charge in [0.1, 0.15) is 5.60 Å². The minimum Gasteiger partial charge on any atom is -0.458 e. The molecule has 0 spiro atoms. The molecule has 1 fully saturated rings. The van der Waals surface area contributed by atoms with Crippen LogP contribution >= 0.6 is 12.6 Å². The summed E-state index contributed by atoms with van der Waals surface area (Å²) in [4.78, 5) is 13.2. The van der Waals surface area contributed by atoms with Gasteiger partial charge in [-0.2, -0.15) is 12.6 Å². The third-order valence-electron chi connectivity index (χ3n) is 5.63. The maximum Gasteiger partial charge on any atom is 0.313 e. The molecular weight excluding hydrogens is 292 g/mol. The summed E-state index contributed by atoms with van der Waals surface area (Å²) in [7, 11) is 0. The van der Waals surface area contributed by atoms with Crippen LogP contribution in [0, 0.1) is 22.7 Å². The van der Waals surface area contributed by atoms with Gasteiger partial charge in [0.2, 0.25) is 0 Å². The van der Waals surface area contributed by atoms with E-state index >= 15 is 0 Å². The molecule has 1 aliphatic rings. The molecule has 1 saturated carbocycles. The topological polar surface area (TPSA) is 26.3 Å². The molecule has 0 aromatic heterocycles. The van der Waals surface area contributed by atoms with Gasteiger partial charge in [-0.3, -0.25) is 4.79 Å². The summed E-state index contributed by atoms with van der Waals surface area (Å²) >= 11 is 4.55. The lowest BCUT2D eigenvalue weighted by atomic mass is 9.71. The average Bonchev–Trinajstić information content (AvgIpc) is 2.84. The Balaban J connectivity index is 3.09. The first-order valence-corrected chi connectivity index (χ1v) is 9.48. The first kappa shape index (κ1) is 19.9. The smallest absolute Gasteiger partial charge is 0.313 e. The summed E-state index contributed by atoms with van der Waals surface area (Å²) in [5, 5.41) is 0. The van der Waals surface area contributed by atoms with E-state index in [0.717, 1.165) is 32.1 Å². The monoisotopic (exact) mass is 328 g/mol. The van der Waals surface area contributed by atoms with Crippen LogP contribution in [0.3, 0.4) is 0 Å². The number of carbonyl (C=O) groups excluding carboxylic acids is 1. The van der Waals surface area contributed by atoms with Crippen LogP contribution in [0.15, 0.2) is 0 Å². The van der Waals surface area contributed by atoms with Gasteiger partial charge in [0.05, 0.1) is 5.41 Å². The van der Waals surface area contributed by atoms with Gasteiger partial charge in [-0.1, -0.05) is 48.5 Å². The Hall–Kier alpha value is -0.180. The van der Waals surface area contributed by atoms with Crippen LogP contribution in [-0.4, -0.2) is 17.3 Å². The first-order valence-electron chi connectivity index (χ1n) is 8.85. The number of hydrogen-bond acceptors (Lipinski definition) is 3. The molecule has 0 amide bonds. The number of carbonyl (C=O) groups is 1. The second-order valence-corrected chi connectivity index (χ2v) is 9.22. The number of thiol groups is 1. The number of hydrogen-bond donors (Lipinski definition) is 1. The minimum absolute atomic E-state index is 0.0176. The molecule has 0 bridgehead atoms. The van der Waals surface area contributed by atoms with E-state index in [1.54, 1.807) is 0 Å². The Morgan fingerprint density at radius 1 is 1.14 bits per heavy atom. The molecule has 1 unspecified atom stereocenters. The molecule has 0 saturated heterocycles. The van der Waals surface area contributed by atoms with Crippen molar-refractivity contribution in [1.82, 2.24) is 0 Å². The van der Waals surface area contributed by atoms with Crippen molar-refractivity contribution in [1.29, 1.82) is 0 Å². The average molecular weight is 329 g/mol. The minimum atomic E-state index is -0.474. The van der Waals surface area contributed by atoms with Gasteiger partial charge in [0, 0.05) is 11.2 Å². The third-order valence-corrected chi connectivity index (χ3v) is 6.20. The van der Waals surface area contributed by atoms with Crippen molar-refractivity contribution in [2.24, 2.45) is 22.7 Å². The zero-order valence-corrected chi connectivity index (χ0v) is 16.6. The fourth-order valence-electron chi connectivity index (χ4n) is 3.83. The fraction of sp³-hybridized carbons (Fsp3) is 0.947. The SMILES string of the molecule is CC(C)CC(CS)(C(=O)OC1(C(C)(C)C)CCCC1)C(C)C. The highest BCUT2D eigenvalue weighted by atomic mass is 32.1. The van der Waals surface area contributed by atoms with Gasteiger partial charge >= 0.3 is 5.97 Å². The molecule has 0 N–H and O–H groups in total. The van der Waals surface area contributed by atoms with Crippen molar-refractivity contribution in [3.8, 4) is 0 Å². The Morgan fingerprint density at radius 3 is 1.95 bits per heavy atom. The number of rotatable bonds is 6. The van der Waals surface area contributed by atoms with E-state index in [4.69, 9.17) is 4.74 Å². The second kappa shape index (κ2) is 7.15. The predicted octanol–water partition coefficient (Wildman–Crippen LogP) is 5.51. The lowest BCUT2D eigenvalue weighted by Gasteiger charge is -2.45. The summed E-state index contributed by atoms with van der Waals surface area (Å²) < 4.78 is 6.29. The van der Waals surface area contributed by atoms with Crippen LogP contribution in [0.1, 0.15) is 80.6 Å². The van der Waals surface area contributed by atoms with Gasteiger partial charge in [-0.15, -0.1) is 0 Å². The third kappa shape index (κ3) is 3.83. The molecule has 0 radical (unpaired) electrons. The molecule has 0 aromatic carbocycles. The second-order valence-electron chi connectivity index (χ2n) is 8.91. The molecule has 22 heavy (non-hydrogen) atoms. The Labute approximate surface area is 143 Å². The summed E-state index contributed by atoms with van der Waals surface area (Å²) in [6.07, 6.45) is 5.14. The van der Waals surface area contributed by atoms with E-state index < -0.39 is 5.41 Å². The Kier molecular flexibility index (Phi) is 6.46. The van der Waals surface area contributed by atoms with Crippen LogP contribution in [0.25, 0.3) is 0 Å². The van der Waals surface area contributed by atoms with Crippen LogP contribution < -0.4 is 0 Å². The summed E-state index contributed by atoms with van der Waals surface area (Å²) in [5.74, 6) is 1.22. The molecule has 1 aliphatic carbocycles. The summed E-state index contributed by atoms with van der Waals surface area (Å²) in [6, 6.07) is 0.